The van der Waals surface area contributed by atoms with E-state index in [1.54, 1.807) is 0 Å². The number of hydrogen-bond donors (Lipinski definition) is 0. The monoisotopic (exact) mass is 674 g/mol. The largest absolute Gasteiger partial charge is 0.460 e. The van der Waals surface area contributed by atoms with Gasteiger partial charge in [0.2, 0.25) is 0 Å². The van der Waals surface area contributed by atoms with Crippen molar-refractivity contribution < 1.29 is 38.1 Å². The third-order valence-electron chi connectivity index (χ3n) is 5.35. The second-order valence-electron chi connectivity index (χ2n) is 8.14. The molecule has 40 heavy (non-hydrogen) atoms. The van der Waals surface area contributed by atoms with Gasteiger partial charge in [-0.25, -0.2) is 19.2 Å². The maximum atomic E-state index is 12.6. The zero-order valence-electron chi connectivity index (χ0n) is 20.7. The zero-order chi connectivity index (χ0) is 29.7. The normalized spacial score (nSPS) is 12.5. The lowest BCUT2D eigenvalue weighted by molar-refractivity contribution is -0.156. The Morgan fingerprint density at radius 3 is 1.23 bits per heavy atom. The molecule has 0 saturated heterocycles. The van der Waals surface area contributed by atoms with Crippen LogP contribution in [0.5, 0.6) is 11.5 Å². The van der Waals surface area contributed by atoms with Gasteiger partial charge in [0.15, 0.2) is 0 Å². The third kappa shape index (κ3) is 10.2. The minimum Gasteiger partial charge on any atom is -0.460 e. The van der Waals surface area contributed by atoms with E-state index in [9.17, 15) is 19.2 Å². The topological polar surface area (TPSA) is 105 Å². The van der Waals surface area contributed by atoms with Crippen LogP contribution in [0.4, 0.5) is 0 Å². The van der Waals surface area contributed by atoms with E-state index in [0.29, 0.717) is 0 Å². The molecular formula is C26H24Cl6O8. The Morgan fingerprint density at radius 1 is 0.575 bits per heavy atom. The first-order chi connectivity index (χ1) is 19.2. The van der Waals surface area contributed by atoms with Crippen LogP contribution < -0.4 is 9.47 Å². The van der Waals surface area contributed by atoms with Gasteiger partial charge in [-0.15, -0.1) is 69.6 Å². The maximum absolute atomic E-state index is 12.6. The Morgan fingerprint density at radius 2 is 0.900 bits per heavy atom. The van der Waals surface area contributed by atoms with Crippen molar-refractivity contribution in [3.05, 3.63) is 59.7 Å². The van der Waals surface area contributed by atoms with Crippen LogP contribution in [0.3, 0.4) is 0 Å². The molecule has 2 atom stereocenters. The second-order valence-corrected chi connectivity index (χ2v) is 10.5. The lowest BCUT2D eigenvalue weighted by Gasteiger charge is -2.18. The van der Waals surface area contributed by atoms with E-state index in [4.69, 9.17) is 88.6 Å². The molecule has 0 aliphatic carbocycles. The fraction of sp³-hybridized carbons (Fsp3) is 0.385. The van der Waals surface area contributed by atoms with Crippen LogP contribution in [0, 0.1) is 11.8 Å². The number of ether oxygens (including phenoxy) is 4. The van der Waals surface area contributed by atoms with Crippen LogP contribution in [0.1, 0.15) is 20.7 Å². The van der Waals surface area contributed by atoms with Crippen molar-refractivity contribution in [1.82, 2.24) is 0 Å². The smallest absolute Gasteiger partial charge is 0.423 e. The number of carbonyl (C=O) groups excluding carboxylic acids is 4. The van der Waals surface area contributed by atoms with E-state index in [2.05, 4.69) is 0 Å². The minimum atomic E-state index is -1.46. The van der Waals surface area contributed by atoms with E-state index in [1.165, 1.54) is 48.5 Å². The Labute approximate surface area is 261 Å². The summed E-state index contributed by atoms with van der Waals surface area (Å²) in [6, 6.07) is 11.2. The summed E-state index contributed by atoms with van der Waals surface area (Å²) in [6.45, 7) is -0.408. The highest BCUT2D eigenvalue weighted by atomic mass is 35.5. The zero-order valence-corrected chi connectivity index (χ0v) is 25.2. The van der Waals surface area contributed by atoms with E-state index in [1.807, 2.05) is 0 Å². The van der Waals surface area contributed by atoms with Gasteiger partial charge >= 0.3 is 23.9 Å². The fourth-order valence-corrected chi connectivity index (χ4v) is 5.31. The SMILES string of the molecule is O=C(Oc1ccccc1C(=O)OCC(Cl)C(CCl)CCl)C(=O)Oc1ccccc1C(=O)OCC(Cl)C(CCl)CCl. The predicted molar refractivity (Wildman–Crippen MR) is 154 cm³/mol. The predicted octanol–water partition coefficient (Wildman–Crippen LogP) is 5.91. The highest BCUT2D eigenvalue weighted by Gasteiger charge is 2.27. The molecule has 2 aromatic rings. The molecule has 8 nitrogen and oxygen atoms in total. The molecule has 2 rings (SSSR count). The van der Waals surface area contributed by atoms with Crippen LogP contribution in [-0.4, -0.2) is 71.4 Å². The Kier molecular flexibility index (Phi) is 15.2. The second kappa shape index (κ2) is 17.8. The Hall–Kier alpha value is -1.94. The molecule has 0 saturated carbocycles. The van der Waals surface area contributed by atoms with Crippen molar-refractivity contribution in [2.75, 3.05) is 36.7 Å². The van der Waals surface area contributed by atoms with E-state index in [-0.39, 0.29) is 71.2 Å². The minimum absolute atomic E-state index is 0.146. The van der Waals surface area contributed by atoms with Crippen LogP contribution in [0.2, 0.25) is 0 Å². The molecule has 0 amide bonds. The summed E-state index contributed by atoms with van der Waals surface area (Å²) in [4.78, 5) is 50.2. The first-order valence-corrected chi connectivity index (χ1v) is 14.7. The van der Waals surface area contributed by atoms with Crippen molar-refractivity contribution in [2.24, 2.45) is 11.8 Å². The molecule has 0 fully saturated rings. The lowest BCUT2D eigenvalue weighted by atomic mass is 10.1. The average molecular weight is 677 g/mol. The van der Waals surface area contributed by atoms with Gasteiger partial charge in [-0.3, -0.25) is 0 Å². The summed E-state index contributed by atoms with van der Waals surface area (Å²) in [7, 11) is 0. The molecule has 218 valence electrons. The van der Waals surface area contributed by atoms with Crippen LogP contribution in [-0.2, 0) is 19.1 Å². The van der Waals surface area contributed by atoms with Gasteiger partial charge in [-0.05, 0) is 24.3 Å². The van der Waals surface area contributed by atoms with Gasteiger partial charge < -0.3 is 18.9 Å². The number of benzene rings is 2. The lowest BCUT2D eigenvalue weighted by Crippen LogP contribution is -2.28. The van der Waals surface area contributed by atoms with Crippen molar-refractivity contribution in [3.8, 4) is 11.5 Å². The molecule has 0 radical (unpaired) electrons. The maximum Gasteiger partial charge on any atom is 0.423 e. The molecule has 14 heteroatoms. The van der Waals surface area contributed by atoms with E-state index < -0.39 is 34.6 Å². The first-order valence-electron chi connectivity index (χ1n) is 11.6. The molecule has 0 aliphatic heterocycles. The van der Waals surface area contributed by atoms with Gasteiger partial charge in [0.1, 0.15) is 35.8 Å². The fourth-order valence-electron chi connectivity index (χ4n) is 2.94. The van der Waals surface area contributed by atoms with E-state index in [0.717, 1.165) is 0 Å². The number of alkyl halides is 6. The quantitative estimate of drug-likeness (QED) is 0.105. The molecule has 0 spiro atoms. The molecule has 2 unspecified atom stereocenters. The Balaban J connectivity index is 2.06. The number of carbonyl (C=O) groups is 4. The standard InChI is InChI=1S/C26H24Cl6O8/c27-9-15(10-28)19(31)13-37-23(33)17-5-1-3-7-21(17)39-25(35)26(36)40-22-8-4-2-6-18(22)24(34)38-14-20(32)16(11-29)12-30/h1-8,15-16,19-20H,9-14H2. The van der Waals surface area contributed by atoms with Crippen molar-refractivity contribution >= 4 is 93.5 Å². The summed E-state index contributed by atoms with van der Waals surface area (Å²) in [6.07, 6.45) is 0. The number of rotatable bonds is 14. The molecule has 0 N–H and O–H groups in total. The molecule has 2 aromatic carbocycles. The number of halogens is 6. The van der Waals surface area contributed by atoms with Gasteiger partial charge in [0.05, 0.1) is 10.8 Å². The summed E-state index contributed by atoms with van der Waals surface area (Å²) in [5.41, 5.74) is -0.291. The van der Waals surface area contributed by atoms with Gasteiger partial charge in [0.25, 0.3) is 0 Å². The average Bonchev–Trinajstić information content (AvgIpc) is 2.96. The highest BCUT2D eigenvalue weighted by Crippen LogP contribution is 2.23. The molecule has 0 bridgehead atoms. The van der Waals surface area contributed by atoms with Crippen molar-refractivity contribution in [2.45, 2.75) is 10.8 Å². The third-order valence-corrected chi connectivity index (χ3v) is 7.90. The summed E-state index contributed by atoms with van der Waals surface area (Å²) >= 11 is 35.5. The summed E-state index contributed by atoms with van der Waals surface area (Å²) < 4.78 is 20.5. The van der Waals surface area contributed by atoms with Crippen LogP contribution in [0.25, 0.3) is 0 Å². The highest BCUT2D eigenvalue weighted by molar-refractivity contribution is 6.31. The van der Waals surface area contributed by atoms with Gasteiger partial charge in [-0.2, -0.15) is 0 Å². The summed E-state index contributed by atoms with van der Waals surface area (Å²) in [5.74, 6) is -5.10. The molecule has 0 aromatic heterocycles. The number of hydrogen-bond acceptors (Lipinski definition) is 8. The van der Waals surface area contributed by atoms with Gasteiger partial charge in [-0.1, -0.05) is 24.3 Å². The Bertz CT molecular complexity index is 1070. The van der Waals surface area contributed by atoms with Crippen molar-refractivity contribution in [3.63, 3.8) is 0 Å². The number of para-hydroxylation sites is 2. The molecular weight excluding hydrogens is 653 g/mol. The number of esters is 4. The van der Waals surface area contributed by atoms with Crippen LogP contribution >= 0.6 is 69.6 Å². The van der Waals surface area contributed by atoms with Gasteiger partial charge in [0, 0.05) is 35.4 Å². The van der Waals surface area contributed by atoms with Crippen LogP contribution in [0.15, 0.2) is 48.5 Å². The van der Waals surface area contributed by atoms with Crippen molar-refractivity contribution in [1.29, 1.82) is 0 Å². The summed E-state index contributed by atoms with van der Waals surface area (Å²) in [5, 5.41) is -1.29. The van der Waals surface area contributed by atoms with E-state index >= 15 is 0 Å². The molecule has 0 aliphatic rings. The first kappa shape index (κ1) is 34.3. The molecule has 0 heterocycles.